The molecule has 4 nitrogen and oxygen atoms in total. The molecule has 2 atom stereocenters. The number of carboxylic acid groups (broad SMARTS) is 1. The molecule has 0 saturated carbocycles. The van der Waals surface area contributed by atoms with Gasteiger partial charge in [-0.2, -0.15) is 13.2 Å². The molecule has 1 amide bonds. The number of anilines is 1. The van der Waals surface area contributed by atoms with Crippen molar-refractivity contribution < 1.29 is 27.9 Å². The van der Waals surface area contributed by atoms with E-state index in [2.05, 4.69) is 5.32 Å². The lowest BCUT2D eigenvalue weighted by Crippen LogP contribution is -2.35. The second-order valence-corrected chi connectivity index (χ2v) is 5.03. The quantitative estimate of drug-likeness (QED) is 0.841. The fourth-order valence-corrected chi connectivity index (χ4v) is 2.44. The Morgan fingerprint density at radius 3 is 2.27 bits per heavy atom. The number of carbonyl (C=O) groups excluding carboxylic acids is 1. The highest BCUT2D eigenvalue weighted by atomic mass is 19.4. The minimum atomic E-state index is -4.59. The van der Waals surface area contributed by atoms with Crippen LogP contribution in [0.15, 0.2) is 36.4 Å². The van der Waals surface area contributed by atoms with Crippen molar-refractivity contribution in [1.29, 1.82) is 0 Å². The number of hydrogen-bond acceptors (Lipinski definition) is 2. The van der Waals surface area contributed by atoms with E-state index >= 15 is 0 Å². The van der Waals surface area contributed by atoms with Crippen LogP contribution in [0.4, 0.5) is 18.9 Å². The van der Waals surface area contributed by atoms with Crippen LogP contribution in [0, 0.1) is 11.8 Å². The van der Waals surface area contributed by atoms with Gasteiger partial charge in [-0.25, -0.2) is 0 Å². The summed E-state index contributed by atoms with van der Waals surface area (Å²) >= 11 is 0. The van der Waals surface area contributed by atoms with Crippen molar-refractivity contribution in [1.82, 2.24) is 0 Å². The van der Waals surface area contributed by atoms with Crippen LogP contribution in [0.1, 0.15) is 18.4 Å². The monoisotopic (exact) mass is 313 g/mol. The molecule has 0 saturated heterocycles. The number of hydrogen-bond donors (Lipinski definition) is 2. The van der Waals surface area contributed by atoms with Gasteiger partial charge in [0.25, 0.3) is 0 Å². The highest BCUT2D eigenvalue weighted by molar-refractivity contribution is 5.96. The number of rotatable bonds is 3. The average Bonchev–Trinajstić information content (AvgIpc) is 2.46. The van der Waals surface area contributed by atoms with E-state index in [0.29, 0.717) is 0 Å². The fraction of sp³-hybridized carbons (Fsp3) is 0.333. The molecule has 0 unspecified atom stereocenters. The second kappa shape index (κ2) is 6.21. The zero-order valence-corrected chi connectivity index (χ0v) is 11.4. The van der Waals surface area contributed by atoms with E-state index in [-0.39, 0.29) is 18.5 Å². The summed E-state index contributed by atoms with van der Waals surface area (Å²) < 4.78 is 38.7. The first kappa shape index (κ1) is 16.1. The van der Waals surface area contributed by atoms with Crippen molar-refractivity contribution >= 4 is 17.6 Å². The van der Waals surface area contributed by atoms with Crippen LogP contribution in [0.5, 0.6) is 0 Å². The van der Waals surface area contributed by atoms with E-state index in [1.165, 1.54) is 12.1 Å². The Bertz CT molecular complexity index is 610. The predicted molar refractivity (Wildman–Crippen MR) is 73.1 cm³/mol. The minimum absolute atomic E-state index is 0.189. The Kier molecular flexibility index (Phi) is 4.54. The average molecular weight is 313 g/mol. The third kappa shape index (κ3) is 3.47. The number of halogens is 3. The molecule has 0 aliphatic heterocycles. The molecule has 0 heterocycles. The first-order valence-electron chi connectivity index (χ1n) is 6.65. The molecule has 1 aliphatic rings. The van der Waals surface area contributed by atoms with Gasteiger partial charge in [0.1, 0.15) is 0 Å². The topological polar surface area (TPSA) is 66.4 Å². The van der Waals surface area contributed by atoms with Gasteiger partial charge in [-0.1, -0.05) is 24.3 Å². The summed E-state index contributed by atoms with van der Waals surface area (Å²) in [6, 6.07) is 4.61. The number of carbonyl (C=O) groups is 2. The Labute approximate surface area is 124 Å². The van der Waals surface area contributed by atoms with Gasteiger partial charge in [0, 0.05) is 0 Å². The molecule has 0 spiro atoms. The van der Waals surface area contributed by atoms with Crippen molar-refractivity contribution in [2.24, 2.45) is 11.8 Å². The van der Waals surface area contributed by atoms with Gasteiger partial charge in [-0.05, 0) is 25.0 Å². The van der Waals surface area contributed by atoms with Crippen molar-refractivity contribution in [2.45, 2.75) is 19.0 Å². The first-order chi connectivity index (χ1) is 10.3. The van der Waals surface area contributed by atoms with Crippen molar-refractivity contribution in [3.05, 3.63) is 42.0 Å². The number of benzene rings is 1. The van der Waals surface area contributed by atoms with Gasteiger partial charge >= 0.3 is 12.1 Å². The molecule has 22 heavy (non-hydrogen) atoms. The summed E-state index contributed by atoms with van der Waals surface area (Å²) in [5.74, 6) is -3.66. The maximum Gasteiger partial charge on any atom is 0.418 e. The van der Waals surface area contributed by atoms with Gasteiger partial charge < -0.3 is 10.4 Å². The van der Waals surface area contributed by atoms with Crippen molar-refractivity contribution in [2.75, 3.05) is 5.32 Å². The third-order valence-electron chi connectivity index (χ3n) is 3.58. The van der Waals surface area contributed by atoms with E-state index in [1.54, 1.807) is 12.2 Å². The van der Waals surface area contributed by atoms with Gasteiger partial charge in [-0.3, -0.25) is 9.59 Å². The first-order valence-corrected chi connectivity index (χ1v) is 6.65. The Morgan fingerprint density at radius 1 is 1.09 bits per heavy atom. The molecule has 2 N–H and O–H groups in total. The molecule has 1 aromatic carbocycles. The second-order valence-electron chi connectivity index (χ2n) is 5.03. The molecule has 7 heteroatoms. The van der Waals surface area contributed by atoms with Crippen LogP contribution in [0.2, 0.25) is 0 Å². The number of allylic oxidation sites excluding steroid dienone is 2. The van der Waals surface area contributed by atoms with Crippen LogP contribution in [-0.4, -0.2) is 17.0 Å². The SMILES string of the molecule is O=C(O)[C@@H]1CC=CC[C@H]1C(=O)Nc1ccccc1C(F)(F)F. The molecule has 0 fully saturated rings. The third-order valence-corrected chi connectivity index (χ3v) is 3.58. The Morgan fingerprint density at radius 2 is 1.68 bits per heavy atom. The number of alkyl halides is 3. The van der Waals surface area contributed by atoms with E-state index in [1.807, 2.05) is 0 Å². The van der Waals surface area contributed by atoms with Gasteiger partial charge in [-0.15, -0.1) is 0 Å². The molecule has 0 aromatic heterocycles. The number of para-hydroxylation sites is 1. The summed E-state index contributed by atoms with van der Waals surface area (Å²) in [7, 11) is 0. The number of aliphatic carboxylic acids is 1. The van der Waals surface area contributed by atoms with Crippen molar-refractivity contribution in [3.63, 3.8) is 0 Å². The van der Waals surface area contributed by atoms with E-state index in [4.69, 9.17) is 5.11 Å². The van der Waals surface area contributed by atoms with Crippen LogP contribution < -0.4 is 5.32 Å². The molecule has 1 aliphatic carbocycles. The number of nitrogens with one attached hydrogen (secondary N) is 1. The summed E-state index contributed by atoms with van der Waals surface area (Å²) in [5, 5.41) is 11.3. The van der Waals surface area contributed by atoms with Crippen LogP contribution >= 0.6 is 0 Å². The highest BCUT2D eigenvalue weighted by Crippen LogP contribution is 2.35. The van der Waals surface area contributed by atoms with E-state index in [0.717, 1.165) is 12.1 Å². The molecule has 0 bridgehead atoms. The number of carboxylic acids is 1. The Hall–Kier alpha value is -2.31. The molecule has 2 rings (SSSR count). The van der Waals surface area contributed by atoms with Crippen LogP contribution in [-0.2, 0) is 15.8 Å². The highest BCUT2D eigenvalue weighted by Gasteiger charge is 2.37. The van der Waals surface area contributed by atoms with Crippen LogP contribution in [0.3, 0.4) is 0 Å². The maximum absolute atomic E-state index is 12.9. The minimum Gasteiger partial charge on any atom is -0.481 e. The lowest BCUT2D eigenvalue weighted by molar-refractivity contribution is -0.146. The summed E-state index contributed by atoms with van der Waals surface area (Å²) in [4.78, 5) is 23.3. The van der Waals surface area contributed by atoms with E-state index in [9.17, 15) is 22.8 Å². The lowest BCUT2D eigenvalue weighted by Gasteiger charge is -2.25. The van der Waals surface area contributed by atoms with E-state index < -0.39 is 35.5 Å². The van der Waals surface area contributed by atoms with Gasteiger partial charge in [0.2, 0.25) is 5.91 Å². The van der Waals surface area contributed by atoms with Gasteiger partial charge in [0.15, 0.2) is 0 Å². The van der Waals surface area contributed by atoms with Crippen molar-refractivity contribution in [3.8, 4) is 0 Å². The summed E-state index contributed by atoms with van der Waals surface area (Å²) in [5.41, 5.74) is -1.32. The maximum atomic E-state index is 12.9. The largest absolute Gasteiger partial charge is 0.481 e. The molecule has 0 radical (unpaired) electrons. The summed E-state index contributed by atoms with van der Waals surface area (Å²) in [6.45, 7) is 0. The molecule has 118 valence electrons. The van der Waals surface area contributed by atoms with Crippen LogP contribution in [0.25, 0.3) is 0 Å². The Balaban J connectivity index is 2.22. The standard InChI is InChI=1S/C15H14F3NO3/c16-15(17,18)11-7-3-4-8-12(11)19-13(20)9-5-1-2-6-10(9)14(21)22/h1-4,7-10H,5-6H2,(H,19,20)(H,21,22)/t9-,10-/m1/s1. The molecular formula is C15H14F3NO3. The molecular weight excluding hydrogens is 299 g/mol. The number of amides is 1. The normalized spacial score (nSPS) is 21.4. The smallest absolute Gasteiger partial charge is 0.418 e. The zero-order valence-electron chi connectivity index (χ0n) is 11.4. The predicted octanol–water partition coefficient (Wildman–Crippen LogP) is 3.31. The molecule has 1 aromatic rings. The zero-order chi connectivity index (χ0) is 16.3. The van der Waals surface area contributed by atoms with Gasteiger partial charge in [0.05, 0.1) is 23.1 Å². The summed E-state index contributed by atoms with van der Waals surface area (Å²) in [6.07, 6.45) is -0.889. The fourth-order valence-electron chi connectivity index (χ4n) is 2.44. The lowest BCUT2D eigenvalue weighted by atomic mass is 9.82.